The minimum absolute atomic E-state index is 0.191. The van der Waals surface area contributed by atoms with Crippen molar-refractivity contribution in [3.63, 3.8) is 0 Å². The Morgan fingerprint density at radius 2 is 2.44 bits per heavy atom. The molecule has 0 aliphatic heterocycles. The summed E-state index contributed by atoms with van der Waals surface area (Å²) in [5.74, 6) is -0.322. The SMILES string of the molecule is CCC(NCc1cc(C(=O)O)co1)c1cccs1. The van der Waals surface area contributed by atoms with Gasteiger partial charge in [-0.3, -0.25) is 0 Å². The predicted octanol–water partition coefficient (Wildman–Crippen LogP) is 3.28. The molecule has 0 aliphatic carbocycles. The highest BCUT2D eigenvalue weighted by molar-refractivity contribution is 7.10. The minimum atomic E-state index is -0.963. The molecule has 0 aliphatic rings. The highest BCUT2D eigenvalue weighted by Gasteiger charge is 2.12. The van der Waals surface area contributed by atoms with Crippen LogP contribution in [0, 0.1) is 0 Å². The Labute approximate surface area is 109 Å². The van der Waals surface area contributed by atoms with E-state index in [4.69, 9.17) is 9.52 Å². The minimum Gasteiger partial charge on any atom is -0.478 e. The van der Waals surface area contributed by atoms with Crippen LogP contribution in [0.25, 0.3) is 0 Å². The molecule has 2 N–H and O–H groups in total. The molecule has 0 spiro atoms. The van der Waals surface area contributed by atoms with E-state index >= 15 is 0 Å². The molecule has 96 valence electrons. The van der Waals surface area contributed by atoms with Gasteiger partial charge in [-0.15, -0.1) is 11.3 Å². The Morgan fingerprint density at radius 1 is 1.61 bits per heavy atom. The maximum Gasteiger partial charge on any atom is 0.338 e. The van der Waals surface area contributed by atoms with Crippen LogP contribution in [0.5, 0.6) is 0 Å². The number of rotatable bonds is 6. The molecule has 2 aromatic heterocycles. The predicted molar refractivity (Wildman–Crippen MR) is 69.9 cm³/mol. The number of carboxylic acids is 1. The molecule has 0 fully saturated rings. The summed E-state index contributed by atoms with van der Waals surface area (Å²) < 4.78 is 5.20. The number of carbonyl (C=O) groups is 1. The van der Waals surface area contributed by atoms with Crippen molar-refractivity contribution in [1.82, 2.24) is 5.32 Å². The Morgan fingerprint density at radius 3 is 3.00 bits per heavy atom. The molecule has 0 saturated carbocycles. The van der Waals surface area contributed by atoms with Crippen molar-refractivity contribution in [3.05, 3.63) is 46.0 Å². The lowest BCUT2D eigenvalue weighted by atomic mass is 10.2. The molecule has 1 atom stereocenters. The van der Waals surface area contributed by atoms with Crippen molar-refractivity contribution in [2.24, 2.45) is 0 Å². The summed E-state index contributed by atoms with van der Waals surface area (Å²) in [4.78, 5) is 12.0. The van der Waals surface area contributed by atoms with Gasteiger partial charge in [0.05, 0.1) is 12.1 Å². The first-order chi connectivity index (χ1) is 8.70. The third-order valence-electron chi connectivity index (χ3n) is 2.72. The molecule has 4 nitrogen and oxygen atoms in total. The topological polar surface area (TPSA) is 62.5 Å². The average Bonchev–Trinajstić information content (AvgIpc) is 3.00. The zero-order chi connectivity index (χ0) is 13.0. The van der Waals surface area contributed by atoms with Crippen molar-refractivity contribution in [3.8, 4) is 0 Å². The Kier molecular flexibility index (Phi) is 4.17. The van der Waals surface area contributed by atoms with E-state index in [1.54, 1.807) is 17.4 Å². The van der Waals surface area contributed by atoms with Gasteiger partial charge in [0.2, 0.25) is 0 Å². The monoisotopic (exact) mass is 265 g/mol. The maximum atomic E-state index is 10.7. The number of furan rings is 1. The second-order valence-corrected chi connectivity index (χ2v) is 4.94. The van der Waals surface area contributed by atoms with E-state index in [1.807, 2.05) is 6.07 Å². The van der Waals surface area contributed by atoms with Crippen LogP contribution in [0.15, 0.2) is 34.3 Å². The van der Waals surface area contributed by atoms with Crippen LogP contribution >= 0.6 is 11.3 Å². The van der Waals surface area contributed by atoms with Crippen LogP contribution < -0.4 is 5.32 Å². The zero-order valence-corrected chi connectivity index (χ0v) is 10.9. The average molecular weight is 265 g/mol. The Bertz CT molecular complexity index is 504. The van der Waals surface area contributed by atoms with Crippen molar-refractivity contribution < 1.29 is 14.3 Å². The first kappa shape index (κ1) is 12.9. The summed E-state index contributed by atoms with van der Waals surface area (Å²) in [6.45, 7) is 2.64. The van der Waals surface area contributed by atoms with E-state index in [0.29, 0.717) is 12.3 Å². The Hall–Kier alpha value is -1.59. The molecule has 0 amide bonds. The molecule has 0 aromatic carbocycles. The fourth-order valence-corrected chi connectivity index (χ4v) is 2.63. The summed E-state index contributed by atoms with van der Waals surface area (Å²) in [6.07, 6.45) is 2.25. The Balaban J connectivity index is 1.95. The quantitative estimate of drug-likeness (QED) is 0.841. The molecule has 18 heavy (non-hydrogen) atoms. The summed E-state index contributed by atoms with van der Waals surface area (Å²) >= 11 is 1.71. The van der Waals surface area contributed by atoms with E-state index in [1.165, 1.54) is 11.1 Å². The molecule has 0 saturated heterocycles. The fourth-order valence-electron chi connectivity index (χ4n) is 1.74. The first-order valence-corrected chi connectivity index (χ1v) is 6.66. The number of hydrogen-bond donors (Lipinski definition) is 2. The van der Waals surface area contributed by atoms with Crippen molar-refractivity contribution in [2.45, 2.75) is 25.9 Å². The molecular weight excluding hydrogens is 250 g/mol. The van der Waals surface area contributed by atoms with E-state index in [-0.39, 0.29) is 11.6 Å². The smallest absolute Gasteiger partial charge is 0.338 e. The van der Waals surface area contributed by atoms with Crippen LogP contribution in [0.3, 0.4) is 0 Å². The molecular formula is C13H15NO3S. The van der Waals surface area contributed by atoms with Gasteiger partial charge < -0.3 is 14.8 Å². The lowest BCUT2D eigenvalue weighted by Crippen LogP contribution is -2.19. The molecule has 2 heterocycles. The van der Waals surface area contributed by atoms with Crippen LogP contribution in [-0.4, -0.2) is 11.1 Å². The van der Waals surface area contributed by atoms with Gasteiger partial charge in [-0.05, 0) is 23.9 Å². The number of nitrogens with one attached hydrogen (secondary N) is 1. The zero-order valence-electron chi connectivity index (χ0n) is 10.1. The van der Waals surface area contributed by atoms with Crippen LogP contribution in [-0.2, 0) is 6.54 Å². The van der Waals surface area contributed by atoms with Crippen LogP contribution in [0.2, 0.25) is 0 Å². The van der Waals surface area contributed by atoms with Crippen LogP contribution in [0.4, 0.5) is 0 Å². The van der Waals surface area contributed by atoms with Gasteiger partial charge >= 0.3 is 5.97 Å². The fraction of sp³-hybridized carbons (Fsp3) is 0.308. The van der Waals surface area contributed by atoms with Crippen molar-refractivity contribution in [2.75, 3.05) is 0 Å². The summed E-state index contributed by atoms with van der Waals surface area (Å²) in [5.41, 5.74) is 0.191. The normalized spacial score (nSPS) is 12.5. The molecule has 2 rings (SSSR count). The summed E-state index contributed by atoms with van der Waals surface area (Å²) in [6, 6.07) is 5.95. The third kappa shape index (κ3) is 3.00. The largest absolute Gasteiger partial charge is 0.478 e. The van der Waals surface area contributed by atoms with E-state index in [2.05, 4.69) is 23.7 Å². The molecule has 0 bridgehead atoms. The lowest BCUT2D eigenvalue weighted by molar-refractivity contribution is 0.0696. The van der Waals surface area contributed by atoms with E-state index in [0.717, 1.165) is 6.42 Å². The highest BCUT2D eigenvalue weighted by Crippen LogP contribution is 2.22. The lowest BCUT2D eigenvalue weighted by Gasteiger charge is -2.14. The molecule has 5 heteroatoms. The van der Waals surface area contributed by atoms with Gasteiger partial charge in [0, 0.05) is 10.9 Å². The maximum absolute atomic E-state index is 10.7. The number of thiophene rings is 1. The number of hydrogen-bond acceptors (Lipinski definition) is 4. The van der Waals surface area contributed by atoms with Crippen molar-refractivity contribution >= 4 is 17.3 Å². The van der Waals surface area contributed by atoms with Gasteiger partial charge in [0.1, 0.15) is 12.0 Å². The summed E-state index contributed by atoms with van der Waals surface area (Å²) in [5, 5.41) is 14.2. The second-order valence-electron chi connectivity index (χ2n) is 3.96. The highest BCUT2D eigenvalue weighted by atomic mass is 32.1. The van der Waals surface area contributed by atoms with E-state index < -0.39 is 5.97 Å². The standard InChI is InChI=1S/C13H15NO3S/c1-2-11(12-4-3-5-18-12)14-7-10-6-9(8-17-10)13(15)16/h3-6,8,11,14H,2,7H2,1H3,(H,15,16). The van der Waals surface area contributed by atoms with Crippen molar-refractivity contribution in [1.29, 1.82) is 0 Å². The summed E-state index contributed by atoms with van der Waals surface area (Å²) in [7, 11) is 0. The van der Waals surface area contributed by atoms with Gasteiger partial charge in [0.25, 0.3) is 0 Å². The first-order valence-electron chi connectivity index (χ1n) is 5.78. The number of carboxylic acid groups (broad SMARTS) is 1. The van der Waals surface area contributed by atoms with Gasteiger partial charge in [-0.2, -0.15) is 0 Å². The van der Waals surface area contributed by atoms with E-state index in [9.17, 15) is 4.79 Å². The van der Waals surface area contributed by atoms with Gasteiger partial charge in [-0.25, -0.2) is 4.79 Å². The third-order valence-corrected chi connectivity index (χ3v) is 3.70. The number of aromatic carboxylic acids is 1. The molecule has 0 radical (unpaired) electrons. The molecule has 2 aromatic rings. The van der Waals surface area contributed by atoms with Gasteiger partial charge in [-0.1, -0.05) is 13.0 Å². The molecule has 1 unspecified atom stereocenters. The second kappa shape index (κ2) is 5.84. The van der Waals surface area contributed by atoms with Gasteiger partial charge in [0.15, 0.2) is 0 Å². The van der Waals surface area contributed by atoms with Crippen LogP contribution in [0.1, 0.15) is 40.4 Å².